The quantitative estimate of drug-likeness (QED) is 0.818. The zero-order valence-corrected chi connectivity index (χ0v) is 12.2. The molecule has 1 saturated heterocycles. The molecule has 0 saturated carbocycles. The number of nitrogen functional groups attached to an aromatic ring is 1. The molecule has 1 heterocycles. The third kappa shape index (κ3) is 3.87. The number of benzene rings is 1. The van der Waals surface area contributed by atoms with E-state index in [0.29, 0.717) is 23.6 Å². The molecule has 0 aliphatic carbocycles. The first-order chi connectivity index (χ1) is 9.58. The van der Waals surface area contributed by atoms with Crippen LogP contribution in [0.3, 0.4) is 0 Å². The third-order valence-electron chi connectivity index (χ3n) is 3.46. The highest BCUT2D eigenvalue weighted by Crippen LogP contribution is 2.19. The lowest BCUT2D eigenvalue weighted by molar-refractivity contribution is 0.0912. The van der Waals surface area contributed by atoms with Crippen LogP contribution >= 0.6 is 0 Å². The second-order valence-corrected chi connectivity index (χ2v) is 5.30. The summed E-state index contributed by atoms with van der Waals surface area (Å²) in [6.07, 6.45) is 2.14. The van der Waals surface area contributed by atoms with E-state index in [0.717, 1.165) is 25.9 Å². The molecule has 0 aromatic heterocycles. The van der Waals surface area contributed by atoms with Crippen LogP contribution in [-0.4, -0.2) is 43.6 Å². The molecule has 1 fully saturated rings. The van der Waals surface area contributed by atoms with Crippen LogP contribution in [0.2, 0.25) is 0 Å². The number of nitrogens with zero attached hydrogens (tertiary/aromatic N) is 1. The molecule has 1 aromatic rings. The molecule has 5 heteroatoms. The number of nitrogens with two attached hydrogens (primary N) is 1. The Labute approximate surface area is 120 Å². The van der Waals surface area contributed by atoms with Gasteiger partial charge in [-0.05, 0) is 45.5 Å². The summed E-state index contributed by atoms with van der Waals surface area (Å²) in [5.41, 5.74) is 6.91. The lowest BCUT2D eigenvalue weighted by Crippen LogP contribution is -2.46. The minimum Gasteiger partial charge on any atom is -0.494 e. The van der Waals surface area contributed by atoms with E-state index in [1.54, 1.807) is 18.2 Å². The summed E-state index contributed by atoms with van der Waals surface area (Å²) in [7, 11) is 2.08. The van der Waals surface area contributed by atoms with Crippen molar-refractivity contribution in [3.8, 4) is 5.75 Å². The van der Waals surface area contributed by atoms with Crippen LogP contribution in [0.25, 0.3) is 0 Å². The molecule has 1 atom stereocenters. The van der Waals surface area contributed by atoms with Crippen LogP contribution in [0.5, 0.6) is 5.75 Å². The SMILES string of the molecule is CCOc1cc(N)cc(C(=O)NC2CCCN(C)C2)c1. The van der Waals surface area contributed by atoms with Gasteiger partial charge >= 0.3 is 0 Å². The Morgan fingerprint density at radius 1 is 1.50 bits per heavy atom. The van der Waals surface area contributed by atoms with E-state index < -0.39 is 0 Å². The number of likely N-dealkylation sites (N-methyl/N-ethyl adjacent to an activating group) is 1. The van der Waals surface area contributed by atoms with Crippen LogP contribution < -0.4 is 15.8 Å². The number of piperidine rings is 1. The molecule has 20 heavy (non-hydrogen) atoms. The Hall–Kier alpha value is -1.75. The number of rotatable bonds is 4. The molecule has 0 bridgehead atoms. The van der Waals surface area contributed by atoms with Gasteiger partial charge in [-0.3, -0.25) is 4.79 Å². The number of anilines is 1. The monoisotopic (exact) mass is 277 g/mol. The van der Waals surface area contributed by atoms with Crippen molar-refractivity contribution in [3.63, 3.8) is 0 Å². The van der Waals surface area contributed by atoms with Crippen LogP contribution in [0.1, 0.15) is 30.1 Å². The molecule has 5 nitrogen and oxygen atoms in total. The van der Waals surface area contributed by atoms with Crippen molar-refractivity contribution in [2.45, 2.75) is 25.8 Å². The van der Waals surface area contributed by atoms with E-state index in [4.69, 9.17) is 10.5 Å². The van der Waals surface area contributed by atoms with Crippen molar-refractivity contribution in [1.29, 1.82) is 0 Å². The van der Waals surface area contributed by atoms with Crippen LogP contribution in [0.15, 0.2) is 18.2 Å². The number of hydrogen-bond donors (Lipinski definition) is 2. The predicted molar refractivity (Wildman–Crippen MR) is 80.0 cm³/mol. The number of hydrogen-bond acceptors (Lipinski definition) is 4. The Kier molecular flexibility index (Phi) is 4.84. The summed E-state index contributed by atoms with van der Waals surface area (Å²) >= 11 is 0. The molecule has 1 amide bonds. The van der Waals surface area contributed by atoms with Gasteiger partial charge < -0.3 is 20.7 Å². The van der Waals surface area contributed by atoms with Gasteiger partial charge in [0.2, 0.25) is 0 Å². The van der Waals surface area contributed by atoms with Gasteiger partial charge in [-0.25, -0.2) is 0 Å². The molecule has 0 radical (unpaired) electrons. The number of amides is 1. The largest absolute Gasteiger partial charge is 0.494 e. The molecular weight excluding hydrogens is 254 g/mol. The number of carbonyl (C=O) groups is 1. The maximum absolute atomic E-state index is 12.3. The fourth-order valence-electron chi connectivity index (χ4n) is 2.56. The Bertz CT molecular complexity index is 476. The van der Waals surface area contributed by atoms with Gasteiger partial charge in [0.15, 0.2) is 0 Å². The molecule has 1 aromatic carbocycles. The van der Waals surface area contributed by atoms with E-state index in [1.807, 2.05) is 6.92 Å². The van der Waals surface area contributed by atoms with Crippen LogP contribution in [0.4, 0.5) is 5.69 Å². The van der Waals surface area contributed by atoms with Crippen molar-refractivity contribution < 1.29 is 9.53 Å². The van der Waals surface area contributed by atoms with Crippen molar-refractivity contribution >= 4 is 11.6 Å². The molecule has 1 aliphatic heterocycles. The zero-order chi connectivity index (χ0) is 14.5. The highest BCUT2D eigenvalue weighted by atomic mass is 16.5. The zero-order valence-electron chi connectivity index (χ0n) is 12.2. The van der Waals surface area contributed by atoms with Crippen LogP contribution in [-0.2, 0) is 0 Å². The standard InChI is InChI=1S/C15H23N3O2/c1-3-20-14-8-11(7-12(16)9-14)15(19)17-13-5-4-6-18(2)10-13/h7-9,13H,3-6,10,16H2,1-2H3,(H,17,19). The normalized spacial score (nSPS) is 19.6. The number of carbonyl (C=O) groups excluding carboxylic acids is 1. The Morgan fingerprint density at radius 2 is 2.30 bits per heavy atom. The van der Waals surface area contributed by atoms with E-state index >= 15 is 0 Å². The fourth-order valence-corrected chi connectivity index (χ4v) is 2.56. The third-order valence-corrected chi connectivity index (χ3v) is 3.46. The molecule has 1 unspecified atom stereocenters. The molecule has 3 N–H and O–H groups in total. The van der Waals surface area contributed by atoms with E-state index in [-0.39, 0.29) is 11.9 Å². The van der Waals surface area contributed by atoms with Gasteiger partial charge in [-0.1, -0.05) is 0 Å². The fraction of sp³-hybridized carbons (Fsp3) is 0.533. The van der Waals surface area contributed by atoms with Gasteiger partial charge in [0.25, 0.3) is 5.91 Å². The second kappa shape index (κ2) is 6.61. The van der Waals surface area contributed by atoms with Gasteiger partial charge in [-0.2, -0.15) is 0 Å². The number of nitrogens with one attached hydrogen (secondary N) is 1. The van der Waals surface area contributed by atoms with E-state index in [2.05, 4.69) is 17.3 Å². The summed E-state index contributed by atoms with van der Waals surface area (Å²) in [6.45, 7) is 4.45. The highest BCUT2D eigenvalue weighted by Gasteiger charge is 2.20. The molecule has 0 spiro atoms. The first-order valence-corrected chi connectivity index (χ1v) is 7.11. The number of likely N-dealkylation sites (tertiary alicyclic amines) is 1. The average molecular weight is 277 g/mol. The summed E-state index contributed by atoms with van der Waals surface area (Å²) in [5, 5.41) is 3.07. The predicted octanol–water partition coefficient (Wildman–Crippen LogP) is 1.49. The maximum Gasteiger partial charge on any atom is 0.251 e. The topological polar surface area (TPSA) is 67.6 Å². The summed E-state index contributed by atoms with van der Waals surface area (Å²) < 4.78 is 5.42. The second-order valence-electron chi connectivity index (χ2n) is 5.30. The Balaban J connectivity index is 2.04. The van der Waals surface area contributed by atoms with Gasteiger partial charge in [-0.15, -0.1) is 0 Å². The van der Waals surface area contributed by atoms with E-state index in [9.17, 15) is 4.79 Å². The Morgan fingerprint density at radius 3 is 3.00 bits per heavy atom. The lowest BCUT2D eigenvalue weighted by atomic mass is 10.1. The van der Waals surface area contributed by atoms with Crippen LogP contribution in [0, 0.1) is 0 Å². The molecule has 1 aliphatic rings. The van der Waals surface area contributed by atoms with Gasteiger partial charge in [0.1, 0.15) is 5.75 Å². The first-order valence-electron chi connectivity index (χ1n) is 7.11. The van der Waals surface area contributed by atoms with Crippen molar-refractivity contribution in [2.75, 3.05) is 32.5 Å². The van der Waals surface area contributed by atoms with Crippen molar-refractivity contribution in [1.82, 2.24) is 10.2 Å². The maximum atomic E-state index is 12.3. The molecule has 110 valence electrons. The van der Waals surface area contributed by atoms with Gasteiger partial charge in [0, 0.05) is 29.9 Å². The number of ether oxygens (including phenoxy) is 1. The molecular formula is C15H23N3O2. The highest BCUT2D eigenvalue weighted by molar-refractivity contribution is 5.95. The molecule has 2 rings (SSSR count). The summed E-state index contributed by atoms with van der Waals surface area (Å²) in [6, 6.07) is 5.36. The smallest absolute Gasteiger partial charge is 0.251 e. The lowest BCUT2D eigenvalue weighted by Gasteiger charge is -2.30. The minimum atomic E-state index is -0.0847. The van der Waals surface area contributed by atoms with Crippen molar-refractivity contribution in [2.24, 2.45) is 0 Å². The average Bonchev–Trinajstić information content (AvgIpc) is 2.38. The minimum absolute atomic E-state index is 0.0847. The van der Waals surface area contributed by atoms with E-state index in [1.165, 1.54) is 0 Å². The summed E-state index contributed by atoms with van der Waals surface area (Å²) in [5.74, 6) is 0.553. The summed E-state index contributed by atoms with van der Waals surface area (Å²) in [4.78, 5) is 14.5. The van der Waals surface area contributed by atoms with Gasteiger partial charge in [0.05, 0.1) is 6.61 Å². The first kappa shape index (κ1) is 14.7. The van der Waals surface area contributed by atoms with Crippen molar-refractivity contribution in [3.05, 3.63) is 23.8 Å².